The van der Waals surface area contributed by atoms with E-state index in [-0.39, 0.29) is 0 Å². The molecule has 0 aliphatic rings. The molecule has 0 fully saturated rings. The minimum absolute atomic E-state index is 0.570. The SMILES string of the molecule is CCc1nncn1CCNC(=NC)NCc1ccnc(Oc2ccc(C)c(C)c2)c1. The topological polar surface area (TPSA) is 89.2 Å². The van der Waals surface area contributed by atoms with Crippen LogP contribution in [0.4, 0.5) is 0 Å². The van der Waals surface area contributed by atoms with Crippen molar-refractivity contribution < 1.29 is 4.74 Å². The Morgan fingerprint density at radius 1 is 1.13 bits per heavy atom. The molecule has 3 aromatic rings. The van der Waals surface area contributed by atoms with Crippen molar-refractivity contribution in [2.45, 2.75) is 40.3 Å². The Bertz CT molecular complexity index is 997. The van der Waals surface area contributed by atoms with Crippen LogP contribution in [0.1, 0.15) is 29.4 Å². The number of rotatable bonds is 8. The van der Waals surface area contributed by atoms with Gasteiger partial charge < -0.3 is 19.9 Å². The maximum Gasteiger partial charge on any atom is 0.219 e. The van der Waals surface area contributed by atoms with Gasteiger partial charge in [-0.15, -0.1) is 10.2 Å². The second kappa shape index (κ2) is 10.4. The third-order valence-corrected chi connectivity index (χ3v) is 4.84. The molecule has 158 valence electrons. The normalized spacial score (nSPS) is 11.4. The number of hydrogen-bond acceptors (Lipinski definition) is 5. The highest BCUT2D eigenvalue weighted by molar-refractivity contribution is 5.79. The lowest BCUT2D eigenvalue weighted by atomic mass is 10.1. The van der Waals surface area contributed by atoms with Crippen LogP contribution in [0.5, 0.6) is 11.6 Å². The molecule has 0 radical (unpaired) electrons. The number of aryl methyl sites for hydroxylation is 3. The lowest BCUT2D eigenvalue weighted by Crippen LogP contribution is -2.38. The number of aliphatic imine (C=N–C) groups is 1. The molecule has 1 aromatic carbocycles. The zero-order chi connectivity index (χ0) is 21.3. The van der Waals surface area contributed by atoms with Gasteiger partial charge in [-0.2, -0.15) is 0 Å². The molecule has 0 amide bonds. The number of nitrogens with one attached hydrogen (secondary N) is 2. The summed E-state index contributed by atoms with van der Waals surface area (Å²) < 4.78 is 7.96. The molecule has 0 aliphatic carbocycles. The Balaban J connectivity index is 1.51. The predicted molar refractivity (Wildman–Crippen MR) is 118 cm³/mol. The van der Waals surface area contributed by atoms with Crippen molar-refractivity contribution in [3.8, 4) is 11.6 Å². The van der Waals surface area contributed by atoms with Crippen molar-refractivity contribution in [2.75, 3.05) is 13.6 Å². The maximum absolute atomic E-state index is 5.92. The highest BCUT2D eigenvalue weighted by Crippen LogP contribution is 2.22. The van der Waals surface area contributed by atoms with E-state index >= 15 is 0 Å². The van der Waals surface area contributed by atoms with Crippen molar-refractivity contribution in [3.63, 3.8) is 0 Å². The molecule has 0 aliphatic heterocycles. The van der Waals surface area contributed by atoms with E-state index in [1.165, 1.54) is 11.1 Å². The third-order valence-electron chi connectivity index (χ3n) is 4.84. The Labute approximate surface area is 177 Å². The molecule has 2 heterocycles. The number of pyridine rings is 1. The predicted octanol–water partition coefficient (Wildman–Crippen LogP) is 3.01. The highest BCUT2D eigenvalue weighted by atomic mass is 16.5. The molecule has 3 rings (SSSR count). The Hall–Kier alpha value is -3.42. The van der Waals surface area contributed by atoms with Gasteiger partial charge in [-0.3, -0.25) is 4.99 Å². The number of ether oxygens (including phenoxy) is 1. The van der Waals surface area contributed by atoms with Crippen molar-refractivity contribution in [3.05, 3.63) is 65.4 Å². The minimum atomic E-state index is 0.570. The van der Waals surface area contributed by atoms with Gasteiger partial charge in [-0.05, 0) is 48.7 Å². The summed E-state index contributed by atoms with van der Waals surface area (Å²) in [5.41, 5.74) is 3.49. The summed E-state index contributed by atoms with van der Waals surface area (Å²) in [5.74, 6) is 3.07. The lowest BCUT2D eigenvalue weighted by molar-refractivity contribution is 0.461. The number of hydrogen-bond donors (Lipinski definition) is 2. The van der Waals surface area contributed by atoms with Gasteiger partial charge in [0.2, 0.25) is 5.88 Å². The van der Waals surface area contributed by atoms with Gasteiger partial charge in [0.15, 0.2) is 5.96 Å². The Kier molecular flexibility index (Phi) is 7.37. The molecular weight excluding hydrogens is 378 g/mol. The number of benzene rings is 1. The molecular formula is C22H29N7O. The van der Waals surface area contributed by atoms with Gasteiger partial charge >= 0.3 is 0 Å². The summed E-state index contributed by atoms with van der Waals surface area (Å²) in [6, 6.07) is 9.92. The summed E-state index contributed by atoms with van der Waals surface area (Å²) >= 11 is 0. The molecule has 0 bridgehead atoms. The molecule has 0 atom stereocenters. The summed E-state index contributed by atoms with van der Waals surface area (Å²) in [6.45, 7) is 8.34. The zero-order valence-corrected chi connectivity index (χ0v) is 18.0. The number of guanidine groups is 1. The molecule has 2 N–H and O–H groups in total. The van der Waals surface area contributed by atoms with Gasteiger partial charge in [0.25, 0.3) is 0 Å². The largest absolute Gasteiger partial charge is 0.439 e. The van der Waals surface area contributed by atoms with Crippen LogP contribution < -0.4 is 15.4 Å². The molecule has 0 saturated carbocycles. The first kappa shape index (κ1) is 21.3. The van der Waals surface area contributed by atoms with E-state index in [2.05, 4.69) is 57.6 Å². The van der Waals surface area contributed by atoms with Crippen LogP contribution in [0, 0.1) is 13.8 Å². The van der Waals surface area contributed by atoms with Crippen LogP contribution in [0.2, 0.25) is 0 Å². The van der Waals surface area contributed by atoms with E-state index in [1.807, 2.05) is 28.8 Å². The fraction of sp³-hybridized carbons (Fsp3) is 0.364. The van der Waals surface area contributed by atoms with Gasteiger partial charge in [-0.25, -0.2) is 4.98 Å². The highest BCUT2D eigenvalue weighted by Gasteiger charge is 2.05. The Morgan fingerprint density at radius 3 is 2.77 bits per heavy atom. The van der Waals surface area contributed by atoms with Crippen molar-refractivity contribution in [1.29, 1.82) is 0 Å². The van der Waals surface area contributed by atoms with E-state index in [1.54, 1.807) is 19.6 Å². The van der Waals surface area contributed by atoms with Crippen molar-refractivity contribution in [1.82, 2.24) is 30.4 Å². The number of aromatic nitrogens is 4. The van der Waals surface area contributed by atoms with E-state index in [0.717, 1.165) is 42.6 Å². The maximum atomic E-state index is 5.92. The molecule has 8 heteroatoms. The van der Waals surface area contributed by atoms with Crippen LogP contribution >= 0.6 is 0 Å². The Morgan fingerprint density at radius 2 is 2.00 bits per heavy atom. The monoisotopic (exact) mass is 407 g/mol. The van der Waals surface area contributed by atoms with E-state index in [9.17, 15) is 0 Å². The first-order chi connectivity index (χ1) is 14.6. The van der Waals surface area contributed by atoms with Crippen LogP contribution in [0.25, 0.3) is 0 Å². The lowest BCUT2D eigenvalue weighted by Gasteiger charge is -2.13. The molecule has 0 spiro atoms. The fourth-order valence-electron chi connectivity index (χ4n) is 2.95. The summed E-state index contributed by atoms with van der Waals surface area (Å²) in [4.78, 5) is 8.60. The van der Waals surface area contributed by atoms with Gasteiger partial charge in [0.05, 0.1) is 0 Å². The summed E-state index contributed by atoms with van der Waals surface area (Å²) in [6.07, 6.45) is 4.37. The molecule has 2 aromatic heterocycles. The zero-order valence-electron chi connectivity index (χ0n) is 18.0. The molecule has 0 unspecified atom stereocenters. The molecule has 8 nitrogen and oxygen atoms in total. The van der Waals surface area contributed by atoms with Crippen LogP contribution in [0.3, 0.4) is 0 Å². The average molecular weight is 408 g/mol. The van der Waals surface area contributed by atoms with E-state index in [4.69, 9.17) is 4.74 Å². The first-order valence-corrected chi connectivity index (χ1v) is 10.1. The van der Waals surface area contributed by atoms with Crippen molar-refractivity contribution in [2.24, 2.45) is 4.99 Å². The average Bonchev–Trinajstić information content (AvgIpc) is 3.21. The van der Waals surface area contributed by atoms with Gasteiger partial charge in [0, 0.05) is 45.4 Å². The standard InChI is InChI=1S/C22H29N7O/c1-5-20-28-27-15-29(20)11-10-25-22(23-4)26-14-18-8-9-24-21(13-18)30-19-7-6-16(2)17(3)12-19/h6-9,12-13,15H,5,10-11,14H2,1-4H3,(H2,23,25,26). The molecule has 0 saturated heterocycles. The van der Waals surface area contributed by atoms with Gasteiger partial charge in [-0.1, -0.05) is 13.0 Å². The van der Waals surface area contributed by atoms with Gasteiger partial charge in [0.1, 0.15) is 17.9 Å². The van der Waals surface area contributed by atoms with E-state index in [0.29, 0.717) is 12.4 Å². The summed E-state index contributed by atoms with van der Waals surface area (Å²) in [5, 5.41) is 14.7. The number of nitrogens with zero attached hydrogens (tertiary/aromatic N) is 5. The van der Waals surface area contributed by atoms with Crippen LogP contribution in [0.15, 0.2) is 47.8 Å². The second-order valence-electron chi connectivity index (χ2n) is 7.00. The minimum Gasteiger partial charge on any atom is -0.439 e. The van der Waals surface area contributed by atoms with E-state index < -0.39 is 0 Å². The van der Waals surface area contributed by atoms with Crippen LogP contribution in [-0.2, 0) is 19.5 Å². The smallest absolute Gasteiger partial charge is 0.219 e. The molecule has 30 heavy (non-hydrogen) atoms. The summed E-state index contributed by atoms with van der Waals surface area (Å²) in [7, 11) is 1.76. The van der Waals surface area contributed by atoms with Crippen molar-refractivity contribution >= 4 is 5.96 Å². The first-order valence-electron chi connectivity index (χ1n) is 10.1. The van der Waals surface area contributed by atoms with Crippen LogP contribution in [-0.4, -0.2) is 39.3 Å². The third kappa shape index (κ3) is 5.79. The second-order valence-corrected chi connectivity index (χ2v) is 7.00. The quantitative estimate of drug-likeness (QED) is 0.441. The fourth-order valence-corrected chi connectivity index (χ4v) is 2.95.